The molecule has 2 heteroatoms. The second-order valence-electron chi connectivity index (χ2n) is 6.66. The van der Waals surface area contributed by atoms with Gasteiger partial charge in [-0.15, -0.1) is 0 Å². The molecule has 2 fully saturated rings. The molecule has 2 rings (SSSR count). The summed E-state index contributed by atoms with van der Waals surface area (Å²) in [6.45, 7) is 10.8. The van der Waals surface area contributed by atoms with E-state index in [1.165, 1.54) is 32.2 Å². The zero-order valence-corrected chi connectivity index (χ0v) is 11.8. The van der Waals surface area contributed by atoms with E-state index in [-0.39, 0.29) is 0 Å². The van der Waals surface area contributed by atoms with E-state index in [2.05, 4.69) is 26.1 Å². The molecule has 2 saturated carbocycles. The molecule has 17 heavy (non-hydrogen) atoms. The summed E-state index contributed by atoms with van der Waals surface area (Å²) in [5.74, 6) is 2.80. The summed E-state index contributed by atoms with van der Waals surface area (Å²) in [6.07, 6.45) is 5.69. The van der Waals surface area contributed by atoms with Gasteiger partial charge in [0.2, 0.25) is 0 Å². The first-order valence-corrected chi connectivity index (χ1v) is 7.44. The Morgan fingerprint density at radius 3 is 2.59 bits per heavy atom. The van der Waals surface area contributed by atoms with Crippen molar-refractivity contribution in [2.24, 2.45) is 23.2 Å². The Bertz CT molecular complexity index is 229. The lowest BCUT2D eigenvalue weighted by Gasteiger charge is -2.31. The molecule has 2 unspecified atom stereocenters. The third-order valence-corrected chi connectivity index (χ3v) is 4.44. The second kappa shape index (κ2) is 5.71. The molecule has 0 aromatic carbocycles. The molecule has 100 valence electrons. The van der Waals surface area contributed by atoms with Gasteiger partial charge in [-0.05, 0) is 55.4 Å². The van der Waals surface area contributed by atoms with Crippen LogP contribution in [0.3, 0.4) is 0 Å². The Kier molecular flexibility index (Phi) is 4.48. The molecule has 0 aliphatic heterocycles. The van der Waals surface area contributed by atoms with Crippen molar-refractivity contribution < 1.29 is 4.74 Å². The average Bonchev–Trinajstić information content (AvgIpc) is 2.91. The quantitative estimate of drug-likeness (QED) is 0.657. The fourth-order valence-electron chi connectivity index (χ4n) is 3.44. The Morgan fingerprint density at radius 2 is 2.00 bits per heavy atom. The van der Waals surface area contributed by atoms with Gasteiger partial charge < -0.3 is 10.1 Å². The number of ether oxygens (including phenoxy) is 1. The van der Waals surface area contributed by atoms with Crippen molar-refractivity contribution >= 4 is 0 Å². The van der Waals surface area contributed by atoms with E-state index in [9.17, 15) is 0 Å². The van der Waals surface area contributed by atoms with Crippen LogP contribution in [0.5, 0.6) is 0 Å². The third kappa shape index (κ3) is 3.69. The smallest absolute Gasteiger partial charge is 0.0488 e. The predicted octanol–water partition coefficient (Wildman–Crippen LogP) is 3.07. The van der Waals surface area contributed by atoms with Crippen molar-refractivity contribution in [3.8, 4) is 0 Å². The molecule has 0 saturated heterocycles. The summed E-state index contributed by atoms with van der Waals surface area (Å²) in [5, 5.41) is 3.57. The lowest BCUT2D eigenvalue weighted by Crippen LogP contribution is -2.34. The highest BCUT2D eigenvalue weighted by Gasteiger charge is 2.52. The number of hydrogen-bond donors (Lipinski definition) is 1. The number of rotatable bonds is 8. The Hall–Kier alpha value is -0.0800. The van der Waals surface area contributed by atoms with E-state index >= 15 is 0 Å². The fourth-order valence-corrected chi connectivity index (χ4v) is 3.44. The summed E-state index contributed by atoms with van der Waals surface area (Å²) in [5.41, 5.74) is 0.570. The van der Waals surface area contributed by atoms with Crippen LogP contribution in [0, 0.1) is 23.2 Å². The Labute approximate surface area is 107 Å². The summed E-state index contributed by atoms with van der Waals surface area (Å²) >= 11 is 0. The molecule has 2 aliphatic carbocycles. The maximum absolute atomic E-state index is 5.78. The van der Waals surface area contributed by atoms with Crippen molar-refractivity contribution in [2.45, 2.75) is 46.5 Å². The van der Waals surface area contributed by atoms with Gasteiger partial charge >= 0.3 is 0 Å². The summed E-state index contributed by atoms with van der Waals surface area (Å²) < 4.78 is 5.78. The van der Waals surface area contributed by atoms with Gasteiger partial charge in [0, 0.05) is 19.8 Å². The maximum Gasteiger partial charge on any atom is 0.0488 e. The van der Waals surface area contributed by atoms with E-state index in [0.717, 1.165) is 31.6 Å². The van der Waals surface area contributed by atoms with Crippen molar-refractivity contribution in [1.29, 1.82) is 0 Å². The minimum atomic E-state index is 0.570. The first-order chi connectivity index (χ1) is 8.15. The first kappa shape index (κ1) is 13.4. The van der Waals surface area contributed by atoms with Crippen LogP contribution in [0.1, 0.15) is 46.5 Å². The van der Waals surface area contributed by atoms with Gasteiger partial charge in [0.15, 0.2) is 0 Å². The van der Waals surface area contributed by atoms with Crippen LogP contribution in [-0.4, -0.2) is 26.3 Å². The topological polar surface area (TPSA) is 21.3 Å². The van der Waals surface area contributed by atoms with Crippen molar-refractivity contribution in [2.75, 3.05) is 26.3 Å². The maximum atomic E-state index is 5.78. The molecule has 2 nitrogen and oxygen atoms in total. The minimum Gasteiger partial charge on any atom is -0.381 e. The van der Waals surface area contributed by atoms with E-state index in [1.807, 2.05) is 0 Å². The molecular formula is C15H29NO. The second-order valence-corrected chi connectivity index (χ2v) is 6.66. The van der Waals surface area contributed by atoms with E-state index in [1.54, 1.807) is 0 Å². The van der Waals surface area contributed by atoms with Crippen LogP contribution in [0.4, 0.5) is 0 Å². The average molecular weight is 239 g/mol. The van der Waals surface area contributed by atoms with Gasteiger partial charge in [0.25, 0.3) is 0 Å². The molecule has 0 spiro atoms. The van der Waals surface area contributed by atoms with Crippen LogP contribution in [0.2, 0.25) is 0 Å². The van der Waals surface area contributed by atoms with Crippen LogP contribution < -0.4 is 5.32 Å². The first-order valence-electron chi connectivity index (χ1n) is 7.44. The zero-order chi connectivity index (χ0) is 12.3. The summed E-state index contributed by atoms with van der Waals surface area (Å²) in [6, 6.07) is 0. The zero-order valence-electron chi connectivity index (χ0n) is 11.8. The van der Waals surface area contributed by atoms with Gasteiger partial charge in [0.05, 0.1) is 0 Å². The highest BCUT2D eigenvalue weighted by atomic mass is 16.5. The highest BCUT2D eigenvalue weighted by Crippen LogP contribution is 2.60. The normalized spacial score (nSPS) is 35.3. The molecular weight excluding hydrogens is 210 g/mol. The molecule has 0 heterocycles. The molecule has 0 amide bonds. The van der Waals surface area contributed by atoms with Gasteiger partial charge in [0.1, 0.15) is 0 Å². The Balaban J connectivity index is 1.72. The molecule has 0 radical (unpaired) electrons. The van der Waals surface area contributed by atoms with Crippen molar-refractivity contribution in [1.82, 2.24) is 5.32 Å². The third-order valence-electron chi connectivity index (χ3n) is 4.44. The fraction of sp³-hybridized carbons (Fsp3) is 1.00. The van der Waals surface area contributed by atoms with Crippen LogP contribution >= 0.6 is 0 Å². The van der Waals surface area contributed by atoms with Crippen LogP contribution in [0.25, 0.3) is 0 Å². The molecule has 0 aromatic rings. The lowest BCUT2D eigenvalue weighted by atomic mass is 9.80. The van der Waals surface area contributed by atoms with Crippen molar-refractivity contribution in [3.63, 3.8) is 0 Å². The van der Waals surface area contributed by atoms with Gasteiger partial charge in [-0.1, -0.05) is 20.8 Å². The van der Waals surface area contributed by atoms with Gasteiger partial charge in [-0.2, -0.15) is 0 Å². The SMILES string of the molecule is CCNCC1(CCOCC(C)C)CC2CC2C1. The predicted molar refractivity (Wildman–Crippen MR) is 72.1 cm³/mol. The molecule has 2 aliphatic rings. The molecule has 1 N–H and O–H groups in total. The number of hydrogen-bond acceptors (Lipinski definition) is 2. The minimum absolute atomic E-state index is 0.570. The highest BCUT2D eigenvalue weighted by molar-refractivity contribution is 5.03. The Morgan fingerprint density at radius 1 is 1.29 bits per heavy atom. The molecule has 2 atom stereocenters. The van der Waals surface area contributed by atoms with E-state index in [0.29, 0.717) is 11.3 Å². The van der Waals surface area contributed by atoms with Gasteiger partial charge in [-0.3, -0.25) is 0 Å². The van der Waals surface area contributed by atoms with E-state index in [4.69, 9.17) is 4.74 Å². The largest absolute Gasteiger partial charge is 0.381 e. The van der Waals surface area contributed by atoms with E-state index < -0.39 is 0 Å². The number of nitrogens with one attached hydrogen (secondary N) is 1. The molecule has 0 aromatic heterocycles. The lowest BCUT2D eigenvalue weighted by molar-refractivity contribution is 0.0731. The standard InChI is InChI=1S/C15H29NO/c1-4-16-11-15(5-6-17-10-12(2)3)8-13-7-14(13)9-15/h12-14,16H,4-11H2,1-3H3. The van der Waals surface area contributed by atoms with Gasteiger partial charge in [-0.25, -0.2) is 0 Å². The van der Waals surface area contributed by atoms with Crippen molar-refractivity contribution in [3.05, 3.63) is 0 Å². The molecule has 0 bridgehead atoms. The summed E-state index contributed by atoms with van der Waals surface area (Å²) in [4.78, 5) is 0. The van der Waals surface area contributed by atoms with Crippen LogP contribution in [-0.2, 0) is 4.74 Å². The number of fused-ring (bicyclic) bond motifs is 1. The monoisotopic (exact) mass is 239 g/mol. The summed E-state index contributed by atoms with van der Waals surface area (Å²) in [7, 11) is 0. The van der Waals surface area contributed by atoms with Crippen LogP contribution in [0.15, 0.2) is 0 Å².